The molecular weight excluding hydrogens is 829 g/mol. The summed E-state index contributed by atoms with van der Waals surface area (Å²) >= 11 is 0. The number of fused-ring (bicyclic) bond motifs is 6. The molecule has 3 heterocycles. The Kier molecular flexibility index (Phi) is 9.55. The van der Waals surface area contributed by atoms with Crippen molar-refractivity contribution in [1.29, 1.82) is 15.8 Å². The Morgan fingerprint density at radius 2 is 0.750 bits per heavy atom. The van der Waals surface area contributed by atoms with Crippen LogP contribution in [0.4, 0.5) is 0 Å². The second-order valence-corrected chi connectivity index (χ2v) is 16.9. The molecule has 0 unspecified atom stereocenters. The molecule has 0 aliphatic rings. The van der Waals surface area contributed by atoms with E-state index in [0.717, 1.165) is 111 Å². The van der Waals surface area contributed by atoms with Crippen LogP contribution in [0.3, 0.4) is 0 Å². The Morgan fingerprint density at radius 3 is 1.25 bits per heavy atom. The van der Waals surface area contributed by atoms with Gasteiger partial charge in [-0.15, -0.1) is 0 Å². The fourth-order valence-electron chi connectivity index (χ4n) is 9.83. The van der Waals surface area contributed by atoms with E-state index in [1.165, 1.54) is 0 Å². The molecule has 68 heavy (non-hydrogen) atoms. The summed E-state index contributed by atoms with van der Waals surface area (Å²) in [6.07, 6.45) is 0. The van der Waals surface area contributed by atoms with E-state index in [1.807, 2.05) is 97.1 Å². The fraction of sp³-hybridized carbons (Fsp3) is 0. The van der Waals surface area contributed by atoms with Gasteiger partial charge < -0.3 is 9.13 Å². The van der Waals surface area contributed by atoms with E-state index in [1.54, 1.807) is 0 Å². The average molecular weight is 865 g/mol. The number of hydrogen-bond acceptors (Lipinski definition) is 4. The van der Waals surface area contributed by atoms with Gasteiger partial charge in [0.1, 0.15) is 6.07 Å². The molecule has 0 fully saturated rings. The Balaban J connectivity index is 1.17. The third kappa shape index (κ3) is 6.67. The Labute approximate surface area is 392 Å². The number of aromatic nitrogens is 3. The predicted octanol–water partition coefficient (Wildman–Crippen LogP) is 15.2. The van der Waals surface area contributed by atoms with Crippen LogP contribution in [0.5, 0.6) is 0 Å². The van der Waals surface area contributed by atoms with Gasteiger partial charge in [-0.25, -0.2) is 4.98 Å². The highest BCUT2D eigenvalue weighted by atomic mass is 15.0. The largest absolute Gasteiger partial charge is 0.309 e. The van der Waals surface area contributed by atoms with Crippen molar-refractivity contribution in [2.75, 3.05) is 0 Å². The molecule has 314 valence electrons. The van der Waals surface area contributed by atoms with Crippen molar-refractivity contribution in [1.82, 2.24) is 14.1 Å². The highest BCUT2D eigenvalue weighted by Gasteiger charge is 2.23. The van der Waals surface area contributed by atoms with Crippen LogP contribution >= 0.6 is 0 Å². The third-order valence-corrected chi connectivity index (χ3v) is 13.0. The van der Waals surface area contributed by atoms with Crippen molar-refractivity contribution >= 4 is 43.6 Å². The van der Waals surface area contributed by atoms with Crippen LogP contribution in [0, 0.1) is 34.0 Å². The molecule has 0 saturated heterocycles. The summed E-state index contributed by atoms with van der Waals surface area (Å²) in [5.41, 5.74) is 16.6. The Morgan fingerprint density at radius 1 is 0.309 bits per heavy atom. The van der Waals surface area contributed by atoms with Gasteiger partial charge in [0.2, 0.25) is 0 Å². The zero-order chi connectivity index (χ0) is 45.7. The van der Waals surface area contributed by atoms with E-state index in [-0.39, 0.29) is 0 Å². The van der Waals surface area contributed by atoms with Gasteiger partial charge in [-0.2, -0.15) is 15.8 Å². The highest BCUT2D eigenvalue weighted by Crippen LogP contribution is 2.43. The van der Waals surface area contributed by atoms with Crippen molar-refractivity contribution in [2.45, 2.75) is 0 Å². The van der Waals surface area contributed by atoms with Gasteiger partial charge in [0.15, 0.2) is 0 Å². The number of para-hydroxylation sites is 2. The van der Waals surface area contributed by atoms with E-state index in [4.69, 9.17) is 4.98 Å². The molecule has 6 nitrogen and oxygen atoms in total. The van der Waals surface area contributed by atoms with Gasteiger partial charge in [0.05, 0.1) is 73.7 Å². The van der Waals surface area contributed by atoms with E-state index >= 15 is 0 Å². The summed E-state index contributed by atoms with van der Waals surface area (Å²) in [6.45, 7) is 0. The van der Waals surface area contributed by atoms with Crippen LogP contribution in [0.2, 0.25) is 0 Å². The maximum Gasteiger partial charge on any atom is 0.101 e. The van der Waals surface area contributed by atoms with Crippen molar-refractivity contribution in [3.63, 3.8) is 0 Å². The number of rotatable bonds is 7. The number of pyridine rings is 1. The molecule has 0 saturated carbocycles. The summed E-state index contributed by atoms with van der Waals surface area (Å²) in [5, 5.41) is 35.0. The van der Waals surface area contributed by atoms with E-state index < -0.39 is 0 Å². The summed E-state index contributed by atoms with van der Waals surface area (Å²) in [7, 11) is 0. The van der Waals surface area contributed by atoms with Crippen LogP contribution in [0.15, 0.2) is 218 Å². The minimum atomic E-state index is 0.508. The maximum atomic E-state index is 11.4. The smallest absolute Gasteiger partial charge is 0.101 e. The first-order chi connectivity index (χ1) is 33.6. The topological polar surface area (TPSA) is 94.1 Å². The molecule has 0 bridgehead atoms. The lowest BCUT2D eigenvalue weighted by Gasteiger charge is -2.20. The number of nitriles is 3. The summed E-state index contributed by atoms with van der Waals surface area (Å²) < 4.78 is 4.51. The van der Waals surface area contributed by atoms with Gasteiger partial charge >= 0.3 is 0 Å². The average Bonchev–Trinajstić information content (AvgIpc) is 3.93. The first-order valence-corrected chi connectivity index (χ1v) is 22.4. The normalized spacial score (nSPS) is 11.2. The molecule has 0 spiro atoms. The molecule has 9 aromatic carbocycles. The number of hydrogen-bond donors (Lipinski definition) is 0. The molecule has 0 aliphatic heterocycles. The lowest BCUT2D eigenvalue weighted by atomic mass is 9.96. The van der Waals surface area contributed by atoms with Crippen molar-refractivity contribution in [3.8, 4) is 85.5 Å². The van der Waals surface area contributed by atoms with Gasteiger partial charge in [-0.3, -0.25) is 0 Å². The van der Waals surface area contributed by atoms with Crippen LogP contribution in [-0.4, -0.2) is 14.1 Å². The molecule has 0 N–H and O–H groups in total. The molecular formula is C62H36N6. The van der Waals surface area contributed by atoms with Gasteiger partial charge in [0.25, 0.3) is 0 Å². The first kappa shape index (κ1) is 39.8. The highest BCUT2D eigenvalue weighted by molar-refractivity contribution is 6.12. The third-order valence-electron chi connectivity index (χ3n) is 13.0. The van der Waals surface area contributed by atoms with Crippen LogP contribution in [0.25, 0.3) is 111 Å². The van der Waals surface area contributed by atoms with Crippen LogP contribution in [0.1, 0.15) is 16.7 Å². The SMILES string of the molecule is N#Cc1cccc(-c2ccc3c(c2)c2ccccc2n3-c2cc(-c3cc(-c4ccccc4)nc(-c4ccccc4)c3)c(-n3c4ccccc4c4cc(-c5cccc(C#N)c5)ccc43)cc2C#N)c1. The van der Waals surface area contributed by atoms with Gasteiger partial charge in [-0.05, 0) is 113 Å². The number of benzene rings is 9. The quantitative estimate of drug-likeness (QED) is 0.159. The standard InChI is InChI=1S/C62H36N6/c63-37-40-13-11-19-44(29-40)46-25-27-59-53(31-46)50-21-7-9-23-57(50)67(59)61-36-52(48-33-55(42-15-3-1-4-16-42)66-56(34-48)43-17-5-2-6-18-43)62(35-49(61)39-65)68-58-24-10-8-22-51(58)54-32-47(26-28-60(54)68)45-20-12-14-41(30-45)38-64/h1-36H. The minimum Gasteiger partial charge on any atom is -0.309 e. The van der Waals surface area contributed by atoms with Crippen molar-refractivity contribution < 1.29 is 0 Å². The number of nitrogens with zero attached hydrogens (tertiary/aromatic N) is 6. The van der Waals surface area contributed by atoms with Crippen molar-refractivity contribution in [3.05, 3.63) is 235 Å². The summed E-state index contributed by atoms with van der Waals surface area (Å²) in [5.74, 6) is 0. The van der Waals surface area contributed by atoms with E-state index in [0.29, 0.717) is 16.7 Å². The molecule has 3 aromatic heterocycles. The van der Waals surface area contributed by atoms with E-state index in [2.05, 4.69) is 149 Å². The molecule has 0 amide bonds. The fourth-order valence-corrected chi connectivity index (χ4v) is 9.83. The van der Waals surface area contributed by atoms with Crippen LogP contribution < -0.4 is 0 Å². The monoisotopic (exact) mass is 864 g/mol. The minimum absolute atomic E-state index is 0.508. The van der Waals surface area contributed by atoms with Crippen LogP contribution in [-0.2, 0) is 0 Å². The van der Waals surface area contributed by atoms with Gasteiger partial charge in [0, 0.05) is 38.2 Å². The second-order valence-electron chi connectivity index (χ2n) is 16.9. The molecule has 0 radical (unpaired) electrons. The predicted molar refractivity (Wildman–Crippen MR) is 274 cm³/mol. The Hall–Kier alpha value is -9.80. The molecule has 12 rings (SSSR count). The second kappa shape index (κ2) is 16.3. The molecule has 12 aromatic rings. The molecule has 6 heteroatoms. The lowest BCUT2D eigenvalue weighted by molar-refractivity contribution is 1.13. The maximum absolute atomic E-state index is 11.4. The molecule has 0 atom stereocenters. The summed E-state index contributed by atoms with van der Waals surface area (Å²) in [4.78, 5) is 5.27. The van der Waals surface area contributed by atoms with Gasteiger partial charge in [-0.1, -0.05) is 133 Å². The summed E-state index contributed by atoms with van der Waals surface area (Å²) in [6, 6.07) is 81.4. The first-order valence-electron chi connectivity index (χ1n) is 22.4. The lowest BCUT2D eigenvalue weighted by Crippen LogP contribution is -2.04. The van der Waals surface area contributed by atoms with E-state index in [9.17, 15) is 15.8 Å². The Bertz CT molecular complexity index is 4060. The molecule has 0 aliphatic carbocycles. The zero-order valence-electron chi connectivity index (χ0n) is 36.5. The van der Waals surface area contributed by atoms with Crippen molar-refractivity contribution in [2.24, 2.45) is 0 Å². The zero-order valence-corrected chi connectivity index (χ0v) is 36.5.